The van der Waals surface area contributed by atoms with Gasteiger partial charge in [-0.15, -0.1) is 0 Å². The van der Waals surface area contributed by atoms with E-state index in [1.54, 1.807) is 6.92 Å². The molecule has 0 bridgehead atoms. The van der Waals surface area contributed by atoms with Crippen LogP contribution in [0.1, 0.15) is 29.7 Å². The molecular weight excluding hydrogens is 412 g/mol. The second kappa shape index (κ2) is 10.2. The number of aryl methyl sites for hydroxylation is 1. The molecule has 3 aromatic carbocycles. The van der Waals surface area contributed by atoms with Gasteiger partial charge in [-0.3, -0.25) is 4.79 Å². The van der Waals surface area contributed by atoms with E-state index in [2.05, 4.69) is 10.0 Å². The number of hydrogen-bond donors (Lipinski definition) is 2. The van der Waals surface area contributed by atoms with Gasteiger partial charge < -0.3 is 10.1 Å². The number of benzene rings is 3. The van der Waals surface area contributed by atoms with E-state index < -0.39 is 10.0 Å². The van der Waals surface area contributed by atoms with Gasteiger partial charge in [-0.25, -0.2) is 13.1 Å². The first-order valence-electron chi connectivity index (χ1n) is 9.96. The largest absolute Gasteiger partial charge is 0.484 e. The zero-order chi connectivity index (χ0) is 22.3. The van der Waals surface area contributed by atoms with Gasteiger partial charge in [0.25, 0.3) is 5.91 Å². The third kappa shape index (κ3) is 6.67. The van der Waals surface area contributed by atoms with Crippen LogP contribution in [0.3, 0.4) is 0 Å². The minimum Gasteiger partial charge on any atom is -0.484 e. The van der Waals surface area contributed by atoms with Crippen molar-refractivity contribution in [1.82, 2.24) is 10.0 Å². The fraction of sp³-hybridized carbons (Fsp3) is 0.208. The van der Waals surface area contributed by atoms with Crippen molar-refractivity contribution in [3.05, 3.63) is 95.6 Å². The Labute approximate surface area is 183 Å². The van der Waals surface area contributed by atoms with Crippen LogP contribution in [0.15, 0.2) is 83.8 Å². The van der Waals surface area contributed by atoms with Crippen LogP contribution >= 0.6 is 0 Å². The zero-order valence-electron chi connectivity index (χ0n) is 17.5. The topological polar surface area (TPSA) is 84.5 Å². The van der Waals surface area contributed by atoms with Crippen molar-refractivity contribution in [1.29, 1.82) is 0 Å². The molecule has 0 aromatic heterocycles. The van der Waals surface area contributed by atoms with Crippen molar-refractivity contribution >= 4 is 15.9 Å². The predicted molar refractivity (Wildman–Crippen MR) is 120 cm³/mol. The molecule has 0 fully saturated rings. The minimum absolute atomic E-state index is 0.131. The van der Waals surface area contributed by atoms with E-state index in [1.165, 1.54) is 24.3 Å². The summed E-state index contributed by atoms with van der Waals surface area (Å²) in [5.41, 5.74) is 3.02. The Balaban J connectivity index is 1.51. The van der Waals surface area contributed by atoms with Crippen molar-refractivity contribution < 1.29 is 17.9 Å². The number of hydrogen-bond acceptors (Lipinski definition) is 4. The summed E-state index contributed by atoms with van der Waals surface area (Å²) < 4.78 is 33.4. The Morgan fingerprint density at radius 3 is 2.35 bits per heavy atom. The molecule has 31 heavy (non-hydrogen) atoms. The molecule has 3 aromatic rings. The standard InChI is InChI=1S/C24H26N2O4S/c1-18-7-6-8-20(15-18)16-25-24(27)17-30-22-11-13-23(14-12-22)31(28,29)26-19(2)21-9-4-3-5-10-21/h3-15,19,26H,16-17H2,1-2H3,(H,25,27)/t19-/m1/s1. The summed E-state index contributed by atoms with van der Waals surface area (Å²) in [6.45, 7) is 4.06. The minimum atomic E-state index is -3.68. The number of carbonyl (C=O) groups excluding carboxylic acids is 1. The van der Waals surface area contributed by atoms with Gasteiger partial charge in [0.1, 0.15) is 5.75 Å². The number of rotatable bonds is 9. The lowest BCUT2D eigenvalue weighted by molar-refractivity contribution is -0.123. The van der Waals surface area contributed by atoms with Crippen molar-refractivity contribution in [3.8, 4) is 5.75 Å². The molecule has 6 nitrogen and oxygen atoms in total. The van der Waals surface area contributed by atoms with Gasteiger partial charge in [0.05, 0.1) is 4.90 Å². The third-order valence-corrected chi connectivity index (χ3v) is 6.26. The van der Waals surface area contributed by atoms with Crippen LogP contribution in [0.4, 0.5) is 0 Å². The summed E-state index contributed by atoms with van der Waals surface area (Å²) in [7, 11) is -3.68. The molecule has 7 heteroatoms. The Morgan fingerprint density at radius 2 is 1.68 bits per heavy atom. The van der Waals surface area contributed by atoms with E-state index in [0.717, 1.165) is 16.7 Å². The second-order valence-corrected chi connectivity index (χ2v) is 8.99. The molecule has 0 radical (unpaired) electrons. The van der Waals surface area contributed by atoms with E-state index in [-0.39, 0.29) is 23.5 Å². The van der Waals surface area contributed by atoms with Gasteiger partial charge in [-0.1, -0.05) is 60.2 Å². The molecule has 0 saturated carbocycles. The first-order chi connectivity index (χ1) is 14.8. The summed E-state index contributed by atoms with van der Waals surface area (Å²) in [6.07, 6.45) is 0. The van der Waals surface area contributed by atoms with E-state index in [9.17, 15) is 13.2 Å². The molecule has 2 N–H and O–H groups in total. The molecule has 162 valence electrons. The molecule has 0 saturated heterocycles. The fourth-order valence-electron chi connectivity index (χ4n) is 3.05. The van der Waals surface area contributed by atoms with Gasteiger partial charge in [0.2, 0.25) is 10.0 Å². The molecule has 0 heterocycles. The van der Waals surface area contributed by atoms with E-state index in [4.69, 9.17) is 4.74 Å². The Hall–Kier alpha value is -3.16. The van der Waals surface area contributed by atoms with Gasteiger partial charge in [0.15, 0.2) is 6.61 Å². The van der Waals surface area contributed by atoms with Crippen molar-refractivity contribution in [2.24, 2.45) is 0 Å². The monoisotopic (exact) mass is 438 g/mol. The van der Waals surface area contributed by atoms with Crippen LogP contribution in [0.5, 0.6) is 5.75 Å². The number of ether oxygens (including phenoxy) is 1. The molecule has 0 aliphatic carbocycles. The van der Waals surface area contributed by atoms with E-state index in [0.29, 0.717) is 12.3 Å². The lowest BCUT2D eigenvalue weighted by Crippen LogP contribution is -2.28. The molecule has 0 aliphatic rings. The first kappa shape index (κ1) is 22.5. The maximum atomic E-state index is 12.6. The Bertz CT molecular complexity index is 1110. The predicted octanol–water partition coefficient (Wildman–Crippen LogP) is 3.73. The van der Waals surface area contributed by atoms with E-state index >= 15 is 0 Å². The smallest absolute Gasteiger partial charge is 0.258 e. The lowest BCUT2D eigenvalue weighted by atomic mass is 10.1. The summed E-state index contributed by atoms with van der Waals surface area (Å²) >= 11 is 0. The third-order valence-electron chi connectivity index (χ3n) is 4.71. The maximum absolute atomic E-state index is 12.6. The van der Waals surface area contributed by atoms with E-state index in [1.807, 2.05) is 61.5 Å². The van der Waals surface area contributed by atoms with Crippen LogP contribution in [0.25, 0.3) is 0 Å². The summed E-state index contributed by atoms with van der Waals surface area (Å²) in [4.78, 5) is 12.1. The molecule has 0 aliphatic heterocycles. The number of amides is 1. The molecule has 3 rings (SSSR count). The highest BCUT2D eigenvalue weighted by Gasteiger charge is 2.18. The molecule has 1 amide bonds. The van der Waals surface area contributed by atoms with Crippen LogP contribution in [0.2, 0.25) is 0 Å². The SMILES string of the molecule is Cc1cccc(CNC(=O)COc2ccc(S(=O)(=O)N[C@H](C)c3ccccc3)cc2)c1. The highest BCUT2D eigenvalue weighted by molar-refractivity contribution is 7.89. The highest BCUT2D eigenvalue weighted by atomic mass is 32.2. The quantitative estimate of drug-likeness (QED) is 0.533. The maximum Gasteiger partial charge on any atom is 0.258 e. The van der Waals surface area contributed by atoms with Gasteiger partial charge >= 0.3 is 0 Å². The Kier molecular flexibility index (Phi) is 7.44. The average molecular weight is 439 g/mol. The number of carbonyl (C=O) groups is 1. The lowest BCUT2D eigenvalue weighted by Gasteiger charge is -2.15. The van der Waals surface area contributed by atoms with Crippen molar-refractivity contribution in [2.45, 2.75) is 31.3 Å². The van der Waals surface area contributed by atoms with Crippen molar-refractivity contribution in [3.63, 3.8) is 0 Å². The normalized spacial score (nSPS) is 12.2. The molecule has 0 unspecified atom stereocenters. The highest BCUT2D eigenvalue weighted by Crippen LogP contribution is 2.19. The number of sulfonamides is 1. The summed E-state index contributed by atoms with van der Waals surface area (Å²) in [6, 6.07) is 22.9. The number of nitrogens with one attached hydrogen (secondary N) is 2. The first-order valence-corrected chi connectivity index (χ1v) is 11.4. The Morgan fingerprint density at radius 1 is 0.968 bits per heavy atom. The van der Waals surface area contributed by atoms with Gasteiger partial charge in [-0.05, 0) is 49.2 Å². The molecule has 1 atom stereocenters. The summed E-state index contributed by atoms with van der Waals surface area (Å²) in [5.74, 6) is 0.164. The second-order valence-electron chi connectivity index (χ2n) is 7.28. The van der Waals surface area contributed by atoms with Crippen LogP contribution in [-0.4, -0.2) is 20.9 Å². The molecular formula is C24H26N2O4S. The van der Waals surface area contributed by atoms with Crippen LogP contribution in [-0.2, 0) is 21.4 Å². The van der Waals surface area contributed by atoms with Gasteiger partial charge in [-0.2, -0.15) is 0 Å². The molecule has 0 spiro atoms. The van der Waals surface area contributed by atoms with Crippen LogP contribution in [0, 0.1) is 6.92 Å². The van der Waals surface area contributed by atoms with Crippen LogP contribution < -0.4 is 14.8 Å². The average Bonchev–Trinajstić information content (AvgIpc) is 2.77. The van der Waals surface area contributed by atoms with Gasteiger partial charge in [0, 0.05) is 12.6 Å². The zero-order valence-corrected chi connectivity index (χ0v) is 18.4. The van der Waals surface area contributed by atoms with Crippen molar-refractivity contribution in [2.75, 3.05) is 6.61 Å². The summed E-state index contributed by atoms with van der Waals surface area (Å²) in [5, 5.41) is 2.80. The fourth-order valence-corrected chi connectivity index (χ4v) is 4.28.